The van der Waals surface area contributed by atoms with Crippen LogP contribution < -0.4 is 10.9 Å². The van der Waals surface area contributed by atoms with Gasteiger partial charge in [-0.25, -0.2) is 4.68 Å². The minimum Gasteiger partial charge on any atom is -0.324 e. The number of nitro groups is 1. The summed E-state index contributed by atoms with van der Waals surface area (Å²) in [6, 6.07) is 9.28. The molecule has 3 rings (SSSR count). The molecule has 2 aromatic heterocycles. The van der Waals surface area contributed by atoms with Crippen LogP contribution in [0.3, 0.4) is 0 Å². The lowest BCUT2D eigenvalue weighted by atomic mass is 10.2. The van der Waals surface area contributed by atoms with Gasteiger partial charge in [0.15, 0.2) is 0 Å². The summed E-state index contributed by atoms with van der Waals surface area (Å²) in [6.07, 6.45) is 3.19. The van der Waals surface area contributed by atoms with Crippen LogP contribution in [0.25, 0.3) is 11.3 Å². The number of hydrogen-bond acceptors (Lipinski definition) is 6. The fourth-order valence-corrected chi connectivity index (χ4v) is 2.65. The predicted molar refractivity (Wildman–Crippen MR) is 103 cm³/mol. The standard InChI is InChI=1S/C18H14ClN5O4/c1-11(18(26)21-13-2-3-14(19)16(10-13)24(27)28)23-17(25)5-4-15(22-23)12-6-8-20-9-7-12/h2-11H,1H3,(H,21,26). The summed E-state index contributed by atoms with van der Waals surface area (Å²) in [5, 5.41) is 17.7. The van der Waals surface area contributed by atoms with Gasteiger partial charge in [0.25, 0.3) is 11.2 Å². The van der Waals surface area contributed by atoms with Gasteiger partial charge in [0, 0.05) is 35.8 Å². The second-order valence-electron chi connectivity index (χ2n) is 5.83. The van der Waals surface area contributed by atoms with Crippen molar-refractivity contribution >= 4 is 28.9 Å². The molecule has 10 heteroatoms. The molecule has 0 spiro atoms. The number of benzene rings is 1. The average Bonchev–Trinajstić information content (AvgIpc) is 2.69. The maximum atomic E-state index is 12.6. The first kappa shape index (κ1) is 19.2. The van der Waals surface area contributed by atoms with Crippen LogP contribution in [-0.2, 0) is 4.79 Å². The monoisotopic (exact) mass is 399 g/mol. The normalized spacial score (nSPS) is 11.6. The Hall–Kier alpha value is -3.59. The van der Waals surface area contributed by atoms with Gasteiger partial charge in [0.2, 0.25) is 5.91 Å². The zero-order chi connectivity index (χ0) is 20.3. The highest BCUT2D eigenvalue weighted by Crippen LogP contribution is 2.27. The Morgan fingerprint density at radius 3 is 2.61 bits per heavy atom. The van der Waals surface area contributed by atoms with Crippen LogP contribution in [-0.4, -0.2) is 25.6 Å². The van der Waals surface area contributed by atoms with Crippen molar-refractivity contribution < 1.29 is 9.72 Å². The minimum absolute atomic E-state index is 0.0426. The van der Waals surface area contributed by atoms with Gasteiger partial charge >= 0.3 is 0 Å². The SMILES string of the molecule is CC(C(=O)Nc1ccc(Cl)c([N+](=O)[O-])c1)n1nc(-c2ccncc2)ccc1=O. The summed E-state index contributed by atoms with van der Waals surface area (Å²) in [5.41, 5.74) is 0.643. The number of nitro benzene ring substituents is 1. The van der Waals surface area contributed by atoms with Crippen molar-refractivity contribution in [3.05, 3.63) is 80.3 Å². The van der Waals surface area contributed by atoms with Crippen molar-refractivity contribution in [3.63, 3.8) is 0 Å². The van der Waals surface area contributed by atoms with Crippen molar-refractivity contribution in [1.29, 1.82) is 0 Å². The number of nitrogens with one attached hydrogen (secondary N) is 1. The van der Waals surface area contributed by atoms with Crippen molar-refractivity contribution in [2.75, 3.05) is 5.32 Å². The van der Waals surface area contributed by atoms with Crippen LogP contribution in [0.1, 0.15) is 13.0 Å². The third kappa shape index (κ3) is 4.04. The van der Waals surface area contributed by atoms with E-state index in [1.165, 1.54) is 25.1 Å². The van der Waals surface area contributed by atoms with Gasteiger partial charge in [-0.15, -0.1) is 0 Å². The van der Waals surface area contributed by atoms with Crippen molar-refractivity contribution in [2.24, 2.45) is 0 Å². The quantitative estimate of drug-likeness (QED) is 0.520. The number of halogens is 1. The predicted octanol–water partition coefficient (Wildman–Crippen LogP) is 3.07. The highest BCUT2D eigenvalue weighted by Gasteiger charge is 2.20. The Balaban J connectivity index is 1.87. The van der Waals surface area contributed by atoms with Gasteiger partial charge in [-0.2, -0.15) is 5.10 Å². The van der Waals surface area contributed by atoms with E-state index in [0.29, 0.717) is 5.69 Å². The van der Waals surface area contributed by atoms with E-state index < -0.39 is 22.4 Å². The summed E-state index contributed by atoms with van der Waals surface area (Å²) in [6.45, 7) is 1.50. The first-order valence-electron chi connectivity index (χ1n) is 8.12. The second kappa shape index (κ2) is 7.97. The molecule has 142 valence electrons. The van der Waals surface area contributed by atoms with Crippen LogP contribution in [0.4, 0.5) is 11.4 Å². The third-order valence-electron chi connectivity index (χ3n) is 3.96. The number of carbonyl (C=O) groups is 1. The third-order valence-corrected chi connectivity index (χ3v) is 4.28. The zero-order valence-electron chi connectivity index (χ0n) is 14.6. The molecule has 9 nitrogen and oxygen atoms in total. The van der Waals surface area contributed by atoms with Crippen LogP contribution in [0.2, 0.25) is 5.02 Å². The number of carbonyl (C=O) groups excluding carboxylic acids is 1. The van der Waals surface area contributed by atoms with Gasteiger partial charge in [0.05, 0.1) is 10.6 Å². The largest absolute Gasteiger partial charge is 0.324 e. The molecule has 1 amide bonds. The van der Waals surface area contributed by atoms with E-state index >= 15 is 0 Å². The molecule has 0 aliphatic heterocycles. The van der Waals surface area contributed by atoms with Gasteiger partial charge in [-0.1, -0.05) is 11.6 Å². The van der Waals surface area contributed by atoms with Crippen molar-refractivity contribution in [3.8, 4) is 11.3 Å². The number of nitrogens with zero attached hydrogens (tertiary/aromatic N) is 4. The maximum absolute atomic E-state index is 12.6. The zero-order valence-corrected chi connectivity index (χ0v) is 15.3. The average molecular weight is 400 g/mol. The van der Waals surface area contributed by atoms with E-state index in [1.807, 2.05) is 0 Å². The summed E-state index contributed by atoms with van der Waals surface area (Å²) in [5.74, 6) is -0.557. The molecule has 0 fully saturated rings. The summed E-state index contributed by atoms with van der Waals surface area (Å²) < 4.78 is 1.05. The molecule has 0 saturated carbocycles. The van der Waals surface area contributed by atoms with E-state index in [0.717, 1.165) is 16.3 Å². The molecule has 1 aromatic carbocycles. The molecule has 1 unspecified atom stereocenters. The van der Waals surface area contributed by atoms with E-state index in [2.05, 4.69) is 15.4 Å². The number of pyridine rings is 1. The Morgan fingerprint density at radius 2 is 1.93 bits per heavy atom. The van der Waals surface area contributed by atoms with Crippen LogP contribution in [0, 0.1) is 10.1 Å². The number of amides is 1. The maximum Gasteiger partial charge on any atom is 0.289 e. The van der Waals surface area contributed by atoms with Crippen LogP contribution in [0.5, 0.6) is 0 Å². The molecule has 0 saturated heterocycles. The molecule has 2 heterocycles. The molecular formula is C18H14ClN5O4. The number of aromatic nitrogens is 3. The van der Waals surface area contributed by atoms with E-state index in [-0.39, 0.29) is 16.4 Å². The van der Waals surface area contributed by atoms with E-state index in [9.17, 15) is 19.7 Å². The topological polar surface area (TPSA) is 120 Å². The number of rotatable bonds is 5. The molecule has 28 heavy (non-hydrogen) atoms. The molecule has 1 N–H and O–H groups in total. The molecule has 0 radical (unpaired) electrons. The number of anilines is 1. The highest BCUT2D eigenvalue weighted by molar-refractivity contribution is 6.32. The lowest BCUT2D eigenvalue weighted by Gasteiger charge is -2.15. The first-order valence-corrected chi connectivity index (χ1v) is 8.49. The lowest BCUT2D eigenvalue weighted by molar-refractivity contribution is -0.384. The summed E-state index contributed by atoms with van der Waals surface area (Å²) in [4.78, 5) is 39.0. The Labute approximate surface area is 163 Å². The van der Waals surface area contributed by atoms with Crippen LogP contribution >= 0.6 is 11.6 Å². The highest BCUT2D eigenvalue weighted by atomic mass is 35.5. The van der Waals surface area contributed by atoms with Crippen LogP contribution in [0.15, 0.2) is 59.7 Å². The molecular weight excluding hydrogens is 386 g/mol. The minimum atomic E-state index is -0.955. The molecule has 0 bridgehead atoms. The number of hydrogen-bond donors (Lipinski definition) is 1. The first-order chi connectivity index (χ1) is 13.4. The summed E-state index contributed by atoms with van der Waals surface area (Å²) in [7, 11) is 0. The molecule has 3 aromatic rings. The smallest absolute Gasteiger partial charge is 0.289 e. The molecule has 0 aliphatic rings. The Kier molecular flexibility index (Phi) is 5.46. The van der Waals surface area contributed by atoms with Gasteiger partial charge in [-0.05, 0) is 37.3 Å². The van der Waals surface area contributed by atoms with Gasteiger partial charge < -0.3 is 5.32 Å². The van der Waals surface area contributed by atoms with E-state index in [4.69, 9.17) is 11.6 Å². The van der Waals surface area contributed by atoms with Crippen molar-refractivity contribution in [1.82, 2.24) is 14.8 Å². The molecule has 1 atom stereocenters. The van der Waals surface area contributed by atoms with Gasteiger partial charge in [-0.3, -0.25) is 24.7 Å². The fraction of sp³-hybridized carbons (Fsp3) is 0.111. The van der Waals surface area contributed by atoms with Crippen molar-refractivity contribution in [2.45, 2.75) is 13.0 Å². The van der Waals surface area contributed by atoms with E-state index in [1.54, 1.807) is 30.6 Å². The summed E-state index contributed by atoms with van der Waals surface area (Å²) >= 11 is 5.77. The fourth-order valence-electron chi connectivity index (χ4n) is 2.47. The van der Waals surface area contributed by atoms with Gasteiger partial charge in [0.1, 0.15) is 11.1 Å². The Bertz CT molecular complexity index is 1100. The Morgan fingerprint density at radius 1 is 1.21 bits per heavy atom. The second-order valence-corrected chi connectivity index (χ2v) is 6.23. The molecule has 0 aliphatic carbocycles. The lowest BCUT2D eigenvalue weighted by Crippen LogP contribution is -2.33.